The van der Waals surface area contributed by atoms with E-state index < -0.39 is 5.91 Å². The second-order valence-electron chi connectivity index (χ2n) is 5.85. The number of carbonyl (C=O) groups excluding carboxylic acids is 1. The molecule has 0 aliphatic heterocycles. The smallest absolute Gasteiger partial charge is 0.284 e. The molecule has 0 unspecified atom stereocenters. The zero-order valence-corrected chi connectivity index (χ0v) is 14.5. The standard InChI is InChI=1S/C16H17N5O2.C2H6/c17-14(22)13-6-11(9-23-13)12-8-20-15(16-18-4-5-21(12)16)19-7-10-2-1-3-10;1-2/h4-6,8-10H,1-3,7H2,(H2,17,22)(H,19,20);1-2H3. The fourth-order valence-electron chi connectivity index (χ4n) is 2.79. The van der Waals surface area contributed by atoms with Crippen LogP contribution in [0.4, 0.5) is 5.82 Å². The highest BCUT2D eigenvalue weighted by Crippen LogP contribution is 2.28. The van der Waals surface area contributed by atoms with Gasteiger partial charge < -0.3 is 15.5 Å². The van der Waals surface area contributed by atoms with E-state index in [1.165, 1.54) is 25.5 Å². The van der Waals surface area contributed by atoms with Gasteiger partial charge in [0.2, 0.25) is 0 Å². The lowest BCUT2D eigenvalue weighted by Gasteiger charge is -2.25. The lowest BCUT2D eigenvalue weighted by atomic mass is 9.85. The number of rotatable bonds is 5. The summed E-state index contributed by atoms with van der Waals surface area (Å²) in [7, 11) is 0. The van der Waals surface area contributed by atoms with Crippen molar-refractivity contribution in [1.82, 2.24) is 14.4 Å². The van der Waals surface area contributed by atoms with Crippen LogP contribution in [0.2, 0.25) is 0 Å². The minimum Gasteiger partial charge on any atom is -0.458 e. The van der Waals surface area contributed by atoms with E-state index in [0.717, 1.165) is 35.2 Å². The topological polar surface area (TPSA) is 98.5 Å². The molecule has 0 aromatic carbocycles. The predicted molar refractivity (Wildman–Crippen MR) is 96.4 cm³/mol. The van der Waals surface area contributed by atoms with E-state index in [1.807, 2.05) is 24.4 Å². The number of aromatic nitrogens is 3. The van der Waals surface area contributed by atoms with E-state index in [9.17, 15) is 4.79 Å². The van der Waals surface area contributed by atoms with Gasteiger partial charge in [-0.15, -0.1) is 0 Å². The molecule has 1 aliphatic rings. The van der Waals surface area contributed by atoms with Gasteiger partial charge in [-0.05, 0) is 24.8 Å². The van der Waals surface area contributed by atoms with Crippen molar-refractivity contribution in [3.05, 3.63) is 36.7 Å². The maximum atomic E-state index is 11.2. The third kappa shape index (κ3) is 3.35. The Balaban J connectivity index is 0.000000880. The van der Waals surface area contributed by atoms with E-state index >= 15 is 0 Å². The first kappa shape index (κ1) is 17.0. The fraction of sp³-hybridized carbons (Fsp3) is 0.389. The van der Waals surface area contributed by atoms with Gasteiger partial charge in [-0.1, -0.05) is 20.3 Å². The molecule has 0 atom stereocenters. The van der Waals surface area contributed by atoms with Gasteiger partial charge in [0.1, 0.15) is 6.26 Å². The van der Waals surface area contributed by atoms with Crippen LogP contribution in [-0.4, -0.2) is 26.8 Å². The maximum absolute atomic E-state index is 11.2. The third-order valence-corrected chi connectivity index (χ3v) is 4.35. The number of fused-ring (bicyclic) bond motifs is 1. The Hall–Kier alpha value is -2.83. The number of anilines is 1. The van der Waals surface area contributed by atoms with Crippen molar-refractivity contribution in [2.24, 2.45) is 11.7 Å². The average molecular weight is 341 g/mol. The van der Waals surface area contributed by atoms with Crippen LogP contribution in [-0.2, 0) is 0 Å². The summed E-state index contributed by atoms with van der Waals surface area (Å²) in [5.74, 6) is 1.04. The normalized spacial score (nSPS) is 13.8. The molecule has 7 heteroatoms. The SMILES string of the molecule is CC.NC(=O)c1cc(-c2cnc(NCC3CCC3)c3nccn23)co1. The molecule has 0 radical (unpaired) electrons. The van der Waals surface area contributed by atoms with E-state index in [4.69, 9.17) is 10.2 Å². The number of hydrogen-bond acceptors (Lipinski definition) is 5. The number of hydrogen-bond donors (Lipinski definition) is 2. The second kappa shape index (κ2) is 7.38. The Kier molecular flexibility index (Phi) is 5.02. The average Bonchev–Trinajstić information content (AvgIpc) is 3.25. The molecule has 0 spiro atoms. The molecule has 3 N–H and O–H groups in total. The van der Waals surface area contributed by atoms with E-state index in [0.29, 0.717) is 0 Å². The van der Waals surface area contributed by atoms with Crippen LogP contribution in [0.15, 0.2) is 35.3 Å². The summed E-state index contributed by atoms with van der Waals surface area (Å²) in [5.41, 5.74) is 7.51. The number of nitrogens with one attached hydrogen (secondary N) is 1. The highest BCUT2D eigenvalue weighted by molar-refractivity contribution is 5.91. The predicted octanol–water partition coefficient (Wildman–Crippen LogP) is 3.33. The van der Waals surface area contributed by atoms with Gasteiger partial charge in [-0.2, -0.15) is 0 Å². The Labute approximate surface area is 146 Å². The molecule has 1 amide bonds. The van der Waals surface area contributed by atoms with Gasteiger partial charge in [-0.3, -0.25) is 9.20 Å². The molecule has 3 heterocycles. The Morgan fingerprint density at radius 2 is 2.20 bits per heavy atom. The first-order valence-electron chi connectivity index (χ1n) is 8.67. The molecule has 7 nitrogen and oxygen atoms in total. The molecule has 0 bridgehead atoms. The van der Waals surface area contributed by atoms with E-state index in [2.05, 4.69) is 15.3 Å². The number of imidazole rings is 1. The first-order chi connectivity index (χ1) is 12.2. The largest absolute Gasteiger partial charge is 0.458 e. The summed E-state index contributed by atoms with van der Waals surface area (Å²) in [6.07, 6.45) is 10.7. The maximum Gasteiger partial charge on any atom is 0.284 e. The van der Waals surface area contributed by atoms with Crippen LogP contribution in [0.1, 0.15) is 43.7 Å². The van der Waals surface area contributed by atoms with Crippen LogP contribution in [0, 0.1) is 5.92 Å². The molecule has 0 saturated heterocycles. The van der Waals surface area contributed by atoms with Crippen LogP contribution < -0.4 is 11.1 Å². The summed E-state index contributed by atoms with van der Waals surface area (Å²) in [6.45, 7) is 4.92. The van der Waals surface area contributed by atoms with Gasteiger partial charge in [-0.25, -0.2) is 9.97 Å². The molecule has 3 aromatic heterocycles. The molecule has 25 heavy (non-hydrogen) atoms. The van der Waals surface area contributed by atoms with Crippen molar-refractivity contribution in [3.8, 4) is 11.3 Å². The van der Waals surface area contributed by atoms with Crippen molar-refractivity contribution in [3.63, 3.8) is 0 Å². The monoisotopic (exact) mass is 341 g/mol. The molecule has 132 valence electrons. The number of carbonyl (C=O) groups is 1. The minimum atomic E-state index is -0.593. The number of primary amides is 1. The van der Waals surface area contributed by atoms with Crippen LogP contribution in [0.3, 0.4) is 0 Å². The van der Waals surface area contributed by atoms with E-state index in [-0.39, 0.29) is 5.76 Å². The summed E-state index contributed by atoms with van der Waals surface area (Å²) in [4.78, 5) is 20.1. The number of furan rings is 1. The van der Waals surface area contributed by atoms with Crippen LogP contribution >= 0.6 is 0 Å². The summed E-state index contributed by atoms with van der Waals surface area (Å²) in [5, 5.41) is 3.39. The first-order valence-corrected chi connectivity index (χ1v) is 8.67. The zero-order valence-electron chi connectivity index (χ0n) is 14.5. The molecule has 1 fully saturated rings. The Morgan fingerprint density at radius 1 is 1.40 bits per heavy atom. The quantitative estimate of drug-likeness (QED) is 0.741. The Bertz CT molecular complexity index is 863. The van der Waals surface area contributed by atoms with Crippen LogP contribution in [0.25, 0.3) is 16.9 Å². The van der Waals surface area contributed by atoms with Gasteiger partial charge >= 0.3 is 0 Å². The third-order valence-electron chi connectivity index (χ3n) is 4.35. The van der Waals surface area contributed by atoms with Crippen LogP contribution in [0.5, 0.6) is 0 Å². The lowest BCUT2D eigenvalue weighted by Crippen LogP contribution is -2.21. The van der Waals surface area contributed by atoms with Crippen molar-refractivity contribution < 1.29 is 9.21 Å². The molecule has 4 rings (SSSR count). The molecule has 3 aromatic rings. The summed E-state index contributed by atoms with van der Waals surface area (Å²) in [6, 6.07) is 1.61. The molecule has 1 aliphatic carbocycles. The van der Waals surface area contributed by atoms with Gasteiger partial charge in [0.05, 0.1) is 11.9 Å². The zero-order chi connectivity index (χ0) is 17.8. The van der Waals surface area contributed by atoms with Crippen molar-refractivity contribution in [2.45, 2.75) is 33.1 Å². The minimum absolute atomic E-state index is 0.125. The van der Waals surface area contributed by atoms with E-state index in [1.54, 1.807) is 18.5 Å². The number of nitrogens with zero attached hydrogens (tertiary/aromatic N) is 3. The highest BCUT2D eigenvalue weighted by atomic mass is 16.3. The second-order valence-corrected chi connectivity index (χ2v) is 5.85. The van der Waals surface area contributed by atoms with Crippen molar-refractivity contribution in [2.75, 3.05) is 11.9 Å². The summed E-state index contributed by atoms with van der Waals surface area (Å²) < 4.78 is 7.11. The highest BCUT2D eigenvalue weighted by Gasteiger charge is 2.18. The van der Waals surface area contributed by atoms with Gasteiger partial charge in [0.15, 0.2) is 17.2 Å². The Morgan fingerprint density at radius 3 is 2.84 bits per heavy atom. The molecular weight excluding hydrogens is 318 g/mol. The lowest BCUT2D eigenvalue weighted by molar-refractivity contribution is 0.0974. The summed E-state index contributed by atoms with van der Waals surface area (Å²) >= 11 is 0. The molecular formula is C18H23N5O2. The fourth-order valence-corrected chi connectivity index (χ4v) is 2.79. The van der Waals surface area contributed by atoms with Crippen molar-refractivity contribution >= 4 is 17.4 Å². The van der Waals surface area contributed by atoms with Crippen molar-refractivity contribution in [1.29, 1.82) is 0 Å². The number of nitrogens with two attached hydrogens (primary N) is 1. The number of amides is 1. The van der Waals surface area contributed by atoms with Gasteiger partial charge in [0, 0.05) is 24.5 Å². The molecule has 1 saturated carbocycles. The van der Waals surface area contributed by atoms with Gasteiger partial charge in [0.25, 0.3) is 5.91 Å².